The summed E-state index contributed by atoms with van der Waals surface area (Å²) >= 11 is 17.0. The summed E-state index contributed by atoms with van der Waals surface area (Å²) in [6.45, 7) is 1.47. The van der Waals surface area contributed by atoms with Crippen molar-refractivity contribution in [1.82, 2.24) is 5.32 Å². The third-order valence-corrected chi connectivity index (χ3v) is 5.42. The van der Waals surface area contributed by atoms with E-state index in [1.807, 2.05) is 4.90 Å². The molecule has 1 aliphatic rings. The Morgan fingerprint density at radius 1 is 1.03 bits per heavy atom. The molecule has 1 fully saturated rings. The number of rotatable bonds is 3. The first-order chi connectivity index (χ1) is 14.1. The van der Waals surface area contributed by atoms with Crippen LogP contribution in [0.4, 0.5) is 24.5 Å². The minimum absolute atomic E-state index is 0.135. The zero-order chi connectivity index (χ0) is 21.9. The van der Waals surface area contributed by atoms with Crippen LogP contribution in [0, 0.1) is 0 Å². The van der Waals surface area contributed by atoms with Crippen LogP contribution >= 0.6 is 35.4 Å². The minimum Gasteiger partial charge on any atom is -0.370 e. The molecule has 1 saturated heterocycles. The van der Waals surface area contributed by atoms with Gasteiger partial charge in [0.05, 0.1) is 27.5 Å². The number of nitrogens with one attached hydrogen (secondary N) is 2. The predicted octanol–water partition coefficient (Wildman–Crippen LogP) is 6.13. The molecule has 0 unspecified atom stereocenters. The molecule has 0 atom stereocenters. The molecule has 4 nitrogen and oxygen atoms in total. The molecule has 1 aliphatic heterocycles. The monoisotopic (exact) mass is 475 g/mol. The third-order valence-electron chi connectivity index (χ3n) is 4.67. The van der Waals surface area contributed by atoms with Gasteiger partial charge in [-0.15, -0.1) is 0 Å². The van der Waals surface area contributed by atoms with E-state index in [1.54, 1.807) is 0 Å². The Morgan fingerprint density at radius 2 is 1.73 bits per heavy atom. The normalized spacial score (nSPS) is 14.4. The van der Waals surface area contributed by atoms with Gasteiger partial charge in [-0.2, -0.15) is 13.2 Å². The van der Waals surface area contributed by atoms with Crippen molar-refractivity contribution in [3.63, 3.8) is 0 Å². The van der Waals surface area contributed by atoms with Gasteiger partial charge < -0.3 is 10.2 Å². The quantitative estimate of drug-likeness (QED) is 0.524. The van der Waals surface area contributed by atoms with Gasteiger partial charge in [-0.1, -0.05) is 23.2 Å². The lowest BCUT2D eigenvalue weighted by molar-refractivity contribution is -0.137. The zero-order valence-electron chi connectivity index (χ0n) is 15.7. The molecule has 0 aromatic heterocycles. The van der Waals surface area contributed by atoms with E-state index in [4.69, 9.17) is 35.4 Å². The van der Waals surface area contributed by atoms with Gasteiger partial charge in [0, 0.05) is 18.1 Å². The molecule has 1 heterocycles. The topological polar surface area (TPSA) is 44.4 Å². The number of thiocarbonyl (C=S) groups is 1. The molecule has 2 N–H and O–H groups in total. The fourth-order valence-electron chi connectivity index (χ4n) is 3.22. The van der Waals surface area contributed by atoms with Crippen LogP contribution in [-0.4, -0.2) is 24.1 Å². The fourth-order valence-corrected chi connectivity index (χ4v) is 3.92. The van der Waals surface area contributed by atoms with Gasteiger partial charge in [-0.25, -0.2) is 0 Å². The van der Waals surface area contributed by atoms with Crippen LogP contribution in [0.2, 0.25) is 10.0 Å². The molecule has 0 bridgehead atoms. The van der Waals surface area contributed by atoms with Crippen molar-refractivity contribution in [2.75, 3.05) is 23.3 Å². The van der Waals surface area contributed by atoms with Gasteiger partial charge in [-0.3, -0.25) is 10.1 Å². The van der Waals surface area contributed by atoms with E-state index in [9.17, 15) is 18.0 Å². The maximum atomic E-state index is 13.2. The maximum Gasteiger partial charge on any atom is 0.416 e. The average Bonchev–Trinajstić information content (AvgIpc) is 2.67. The van der Waals surface area contributed by atoms with E-state index in [0.29, 0.717) is 10.7 Å². The third kappa shape index (κ3) is 5.56. The predicted molar refractivity (Wildman–Crippen MR) is 118 cm³/mol. The second-order valence-electron chi connectivity index (χ2n) is 6.81. The van der Waals surface area contributed by atoms with Crippen molar-refractivity contribution in [2.45, 2.75) is 25.4 Å². The summed E-state index contributed by atoms with van der Waals surface area (Å²) < 4.78 is 39.7. The summed E-state index contributed by atoms with van der Waals surface area (Å²) in [5, 5.41) is 5.56. The van der Waals surface area contributed by atoms with E-state index >= 15 is 0 Å². The summed E-state index contributed by atoms with van der Waals surface area (Å²) in [7, 11) is 0. The number of carbonyl (C=O) groups is 1. The number of hydrogen-bond acceptors (Lipinski definition) is 3. The van der Waals surface area contributed by atoms with E-state index in [-0.39, 0.29) is 21.4 Å². The largest absolute Gasteiger partial charge is 0.416 e. The van der Waals surface area contributed by atoms with Gasteiger partial charge >= 0.3 is 6.18 Å². The Bertz CT molecular complexity index is 963. The molecule has 3 rings (SSSR count). The van der Waals surface area contributed by atoms with Crippen LogP contribution < -0.4 is 15.5 Å². The molecule has 160 valence electrons. The number of piperidine rings is 1. The highest BCUT2D eigenvalue weighted by Gasteiger charge is 2.31. The lowest BCUT2D eigenvalue weighted by Gasteiger charge is -2.31. The molecule has 0 aliphatic carbocycles. The van der Waals surface area contributed by atoms with Crippen molar-refractivity contribution in [1.29, 1.82) is 0 Å². The zero-order valence-corrected chi connectivity index (χ0v) is 18.0. The van der Waals surface area contributed by atoms with Crippen molar-refractivity contribution in [3.8, 4) is 0 Å². The number of hydrogen-bond donors (Lipinski definition) is 2. The highest BCUT2D eigenvalue weighted by Crippen LogP contribution is 2.36. The van der Waals surface area contributed by atoms with E-state index in [2.05, 4.69) is 10.6 Å². The number of halogens is 5. The first-order valence-electron chi connectivity index (χ1n) is 9.19. The Labute approximate surface area is 187 Å². The molecule has 30 heavy (non-hydrogen) atoms. The molecule has 0 spiro atoms. The Hall–Kier alpha value is -2.03. The number of nitrogens with zero attached hydrogens (tertiary/aromatic N) is 1. The Balaban J connectivity index is 1.82. The molecular weight excluding hydrogens is 458 g/mol. The molecule has 2 aromatic carbocycles. The van der Waals surface area contributed by atoms with Gasteiger partial charge in [0.2, 0.25) is 0 Å². The summed E-state index contributed by atoms with van der Waals surface area (Å²) in [5.41, 5.74) is 0.120. The minimum atomic E-state index is -4.50. The second-order valence-corrected chi connectivity index (χ2v) is 8.06. The van der Waals surface area contributed by atoms with Crippen molar-refractivity contribution in [3.05, 3.63) is 57.6 Å². The molecule has 0 radical (unpaired) electrons. The standard InChI is InChI=1S/C20H18Cl2F3N3OS/c21-13-5-6-14(15(22)11-13)18(29)27-19(30)26-16-10-12(20(23,24)25)4-7-17(16)28-8-2-1-3-9-28/h4-7,10-11H,1-3,8-9H2,(H2,26,27,29,30). The van der Waals surface area contributed by atoms with E-state index in [1.165, 1.54) is 24.3 Å². The first-order valence-corrected chi connectivity index (χ1v) is 10.3. The van der Waals surface area contributed by atoms with Gasteiger partial charge in [0.25, 0.3) is 5.91 Å². The molecule has 10 heteroatoms. The van der Waals surface area contributed by atoms with Crippen LogP contribution in [0.3, 0.4) is 0 Å². The summed E-state index contributed by atoms with van der Waals surface area (Å²) in [6.07, 6.45) is -1.51. The Kier molecular flexibility index (Phi) is 7.10. The second kappa shape index (κ2) is 9.41. The summed E-state index contributed by atoms with van der Waals surface area (Å²) in [5.74, 6) is -0.597. The lowest BCUT2D eigenvalue weighted by atomic mass is 10.1. The van der Waals surface area contributed by atoms with Crippen LogP contribution in [0.5, 0.6) is 0 Å². The Morgan fingerprint density at radius 3 is 2.37 bits per heavy atom. The van der Waals surface area contributed by atoms with Crippen LogP contribution in [0.15, 0.2) is 36.4 Å². The average molecular weight is 476 g/mol. The highest BCUT2D eigenvalue weighted by molar-refractivity contribution is 7.80. The number of amides is 1. The highest BCUT2D eigenvalue weighted by atomic mass is 35.5. The first kappa shape index (κ1) is 22.7. The number of alkyl halides is 3. The molecular formula is C20H18Cl2F3N3OS. The fraction of sp³-hybridized carbons (Fsp3) is 0.300. The van der Waals surface area contributed by atoms with Crippen LogP contribution in [-0.2, 0) is 6.18 Å². The maximum absolute atomic E-state index is 13.2. The van der Waals surface area contributed by atoms with E-state index < -0.39 is 17.6 Å². The summed E-state index contributed by atoms with van der Waals surface area (Å²) in [4.78, 5) is 14.4. The SMILES string of the molecule is O=C(NC(=S)Nc1cc(C(F)(F)F)ccc1N1CCCCC1)c1ccc(Cl)cc1Cl. The van der Waals surface area contributed by atoms with Crippen molar-refractivity contribution >= 4 is 57.8 Å². The summed E-state index contributed by atoms with van der Waals surface area (Å²) in [6, 6.07) is 7.82. The molecule has 1 amide bonds. The van der Waals surface area contributed by atoms with Crippen LogP contribution in [0.1, 0.15) is 35.2 Å². The number of benzene rings is 2. The smallest absolute Gasteiger partial charge is 0.370 e. The van der Waals surface area contributed by atoms with Crippen molar-refractivity contribution < 1.29 is 18.0 Å². The van der Waals surface area contributed by atoms with Gasteiger partial charge in [0.1, 0.15) is 0 Å². The number of carbonyl (C=O) groups excluding carboxylic acids is 1. The van der Waals surface area contributed by atoms with Gasteiger partial charge in [-0.05, 0) is 67.9 Å². The molecule has 0 saturated carbocycles. The van der Waals surface area contributed by atoms with E-state index in [0.717, 1.165) is 44.5 Å². The van der Waals surface area contributed by atoms with Gasteiger partial charge in [0.15, 0.2) is 5.11 Å². The lowest BCUT2D eigenvalue weighted by Crippen LogP contribution is -2.35. The van der Waals surface area contributed by atoms with Crippen molar-refractivity contribution in [2.24, 2.45) is 0 Å². The van der Waals surface area contributed by atoms with Crippen LogP contribution in [0.25, 0.3) is 0 Å². The molecule has 2 aromatic rings. The number of anilines is 2.